The summed E-state index contributed by atoms with van der Waals surface area (Å²) in [5.41, 5.74) is 8.06. The minimum atomic E-state index is -0.615. The first kappa shape index (κ1) is 14.8. The first-order chi connectivity index (χ1) is 10.8. The Balaban J connectivity index is 1.70. The van der Waals surface area contributed by atoms with Crippen molar-refractivity contribution in [3.05, 3.63) is 71.8 Å². The van der Waals surface area contributed by atoms with E-state index in [9.17, 15) is 4.79 Å². The van der Waals surface area contributed by atoms with E-state index in [-0.39, 0.29) is 12.0 Å². The molecule has 0 aliphatic carbocycles. The zero-order valence-electron chi connectivity index (χ0n) is 12.4. The van der Waals surface area contributed by atoms with Crippen LogP contribution in [0, 0.1) is 0 Å². The highest BCUT2D eigenvalue weighted by molar-refractivity contribution is 5.83. The Bertz CT molecular complexity index is 615. The Hall–Kier alpha value is -2.17. The second-order valence-corrected chi connectivity index (χ2v) is 5.44. The number of ether oxygens (including phenoxy) is 1. The molecule has 2 unspecified atom stereocenters. The van der Waals surface area contributed by atoms with Crippen molar-refractivity contribution >= 4 is 5.91 Å². The summed E-state index contributed by atoms with van der Waals surface area (Å²) < 4.78 is 5.80. The second kappa shape index (κ2) is 6.73. The van der Waals surface area contributed by atoms with Gasteiger partial charge in [-0.3, -0.25) is 4.79 Å². The van der Waals surface area contributed by atoms with Gasteiger partial charge in [0.05, 0.1) is 13.2 Å². The third-order valence-electron chi connectivity index (χ3n) is 3.97. The van der Waals surface area contributed by atoms with E-state index in [0.717, 1.165) is 11.1 Å². The first-order valence-corrected chi connectivity index (χ1v) is 7.51. The lowest BCUT2D eigenvalue weighted by Gasteiger charge is -2.34. The van der Waals surface area contributed by atoms with Crippen LogP contribution in [0.15, 0.2) is 60.7 Å². The predicted molar refractivity (Wildman–Crippen MR) is 85.1 cm³/mol. The Morgan fingerprint density at radius 3 is 2.41 bits per heavy atom. The molecule has 1 aliphatic heterocycles. The third-order valence-corrected chi connectivity index (χ3v) is 3.97. The maximum Gasteiger partial charge on any atom is 0.244 e. The molecule has 0 bridgehead atoms. The van der Waals surface area contributed by atoms with Crippen LogP contribution in [0.2, 0.25) is 0 Å². The van der Waals surface area contributed by atoms with Gasteiger partial charge in [-0.15, -0.1) is 0 Å². The number of hydrogen-bond acceptors (Lipinski definition) is 3. The maximum absolute atomic E-state index is 12.6. The summed E-state index contributed by atoms with van der Waals surface area (Å²) in [5, 5.41) is 0. The van der Waals surface area contributed by atoms with Crippen molar-refractivity contribution in [2.45, 2.75) is 12.1 Å². The molecular formula is C18H20N2O2. The van der Waals surface area contributed by atoms with E-state index in [1.807, 2.05) is 60.7 Å². The number of nitrogens with two attached hydrogens (primary N) is 1. The zero-order chi connectivity index (χ0) is 15.4. The molecule has 1 heterocycles. The van der Waals surface area contributed by atoms with Gasteiger partial charge in [-0.05, 0) is 11.1 Å². The highest BCUT2D eigenvalue weighted by atomic mass is 16.5. The topological polar surface area (TPSA) is 55.6 Å². The van der Waals surface area contributed by atoms with Crippen LogP contribution in [0.4, 0.5) is 0 Å². The molecule has 0 spiro atoms. The fraction of sp³-hybridized carbons (Fsp3) is 0.278. The fourth-order valence-electron chi connectivity index (χ4n) is 2.72. The molecule has 22 heavy (non-hydrogen) atoms. The number of rotatable bonds is 3. The lowest BCUT2D eigenvalue weighted by atomic mass is 10.0. The summed E-state index contributed by atoms with van der Waals surface area (Å²) >= 11 is 0. The van der Waals surface area contributed by atoms with Gasteiger partial charge >= 0.3 is 0 Å². The molecule has 0 saturated carbocycles. The summed E-state index contributed by atoms with van der Waals surface area (Å²) in [6.45, 7) is 1.67. The van der Waals surface area contributed by atoms with E-state index in [1.54, 1.807) is 4.90 Å². The molecule has 1 aliphatic rings. The van der Waals surface area contributed by atoms with Gasteiger partial charge in [-0.25, -0.2) is 0 Å². The van der Waals surface area contributed by atoms with Crippen LogP contribution >= 0.6 is 0 Å². The van der Waals surface area contributed by atoms with E-state index in [4.69, 9.17) is 10.5 Å². The van der Waals surface area contributed by atoms with Crippen LogP contribution < -0.4 is 5.73 Å². The summed E-state index contributed by atoms with van der Waals surface area (Å²) in [6, 6.07) is 18.9. The molecular weight excluding hydrogens is 276 g/mol. The molecule has 0 aromatic heterocycles. The number of amides is 1. The Morgan fingerprint density at radius 1 is 1.09 bits per heavy atom. The monoisotopic (exact) mass is 296 g/mol. The number of morpholine rings is 1. The molecule has 4 heteroatoms. The Labute approximate surface area is 130 Å². The van der Waals surface area contributed by atoms with Crippen molar-refractivity contribution in [2.24, 2.45) is 5.73 Å². The van der Waals surface area contributed by atoms with Crippen LogP contribution in [0.1, 0.15) is 23.3 Å². The molecule has 1 amide bonds. The van der Waals surface area contributed by atoms with Crippen molar-refractivity contribution in [3.8, 4) is 0 Å². The number of nitrogens with zero attached hydrogens (tertiary/aromatic N) is 1. The normalized spacial score (nSPS) is 19.7. The van der Waals surface area contributed by atoms with Gasteiger partial charge < -0.3 is 15.4 Å². The molecule has 2 atom stereocenters. The summed E-state index contributed by atoms with van der Waals surface area (Å²) in [7, 11) is 0. The Morgan fingerprint density at radius 2 is 1.73 bits per heavy atom. The molecule has 114 valence electrons. The van der Waals surface area contributed by atoms with Gasteiger partial charge in [-0.2, -0.15) is 0 Å². The third kappa shape index (κ3) is 3.18. The van der Waals surface area contributed by atoms with E-state index in [0.29, 0.717) is 19.7 Å². The van der Waals surface area contributed by atoms with E-state index >= 15 is 0 Å². The van der Waals surface area contributed by atoms with Crippen molar-refractivity contribution < 1.29 is 9.53 Å². The van der Waals surface area contributed by atoms with E-state index < -0.39 is 6.04 Å². The van der Waals surface area contributed by atoms with Gasteiger partial charge in [0.15, 0.2) is 0 Å². The van der Waals surface area contributed by atoms with Crippen molar-refractivity contribution in [3.63, 3.8) is 0 Å². The number of carbonyl (C=O) groups is 1. The summed E-state index contributed by atoms with van der Waals surface area (Å²) in [5.74, 6) is -0.0459. The lowest BCUT2D eigenvalue weighted by molar-refractivity contribution is -0.140. The van der Waals surface area contributed by atoms with E-state index in [2.05, 4.69) is 0 Å². The predicted octanol–water partition coefficient (Wildman–Crippen LogP) is 2.29. The summed E-state index contributed by atoms with van der Waals surface area (Å²) in [4.78, 5) is 14.4. The van der Waals surface area contributed by atoms with Crippen LogP contribution in [-0.4, -0.2) is 30.5 Å². The largest absolute Gasteiger partial charge is 0.370 e. The first-order valence-electron chi connectivity index (χ1n) is 7.51. The lowest BCUT2D eigenvalue weighted by Crippen LogP contribution is -2.46. The molecule has 2 N–H and O–H groups in total. The van der Waals surface area contributed by atoms with Gasteiger partial charge in [0.1, 0.15) is 12.1 Å². The van der Waals surface area contributed by atoms with Gasteiger partial charge in [0.2, 0.25) is 5.91 Å². The molecule has 2 aromatic carbocycles. The maximum atomic E-state index is 12.6. The number of benzene rings is 2. The fourth-order valence-corrected chi connectivity index (χ4v) is 2.72. The van der Waals surface area contributed by atoms with Crippen molar-refractivity contribution in [1.82, 2.24) is 4.90 Å². The van der Waals surface area contributed by atoms with Crippen LogP contribution in [0.3, 0.4) is 0 Å². The SMILES string of the molecule is NC(C(=O)N1CCOC(c2ccccc2)C1)c1ccccc1. The average molecular weight is 296 g/mol. The minimum Gasteiger partial charge on any atom is -0.370 e. The standard InChI is InChI=1S/C18H20N2O2/c19-17(15-9-5-2-6-10-15)18(21)20-11-12-22-16(13-20)14-7-3-1-4-8-14/h1-10,16-17H,11-13,19H2. The highest BCUT2D eigenvalue weighted by Crippen LogP contribution is 2.24. The van der Waals surface area contributed by atoms with Gasteiger partial charge in [0.25, 0.3) is 0 Å². The average Bonchev–Trinajstić information content (AvgIpc) is 2.62. The molecule has 0 radical (unpaired) electrons. The molecule has 3 rings (SSSR count). The molecule has 1 saturated heterocycles. The molecule has 4 nitrogen and oxygen atoms in total. The van der Waals surface area contributed by atoms with Crippen molar-refractivity contribution in [1.29, 1.82) is 0 Å². The van der Waals surface area contributed by atoms with Gasteiger partial charge in [-0.1, -0.05) is 60.7 Å². The van der Waals surface area contributed by atoms with Crippen LogP contribution in [-0.2, 0) is 9.53 Å². The number of carbonyl (C=O) groups excluding carboxylic acids is 1. The van der Waals surface area contributed by atoms with Crippen molar-refractivity contribution in [2.75, 3.05) is 19.7 Å². The molecule has 2 aromatic rings. The smallest absolute Gasteiger partial charge is 0.244 e. The summed E-state index contributed by atoms with van der Waals surface area (Å²) in [6.07, 6.45) is -0.0816. The van der Waals surface area contributed by atoms with Gasteiger partial charge in [0, 0.05) is 6.54 Å². The Kier molecular flexibility index (Phi) is 4.51. The van der Waals surface area contributed by atoms with Crippen LogP contribution in [0.5, 0.6) is 0 Å². The highest BCUT2D eigenvalue weighted by Gasteiger charge is 2.28. The molecule has 1 fully saturated rings. The van der Waals surface area contributed by atoms with E-state index in [1.165, 1.54) is 0 Å². The zero-order valence-corrected chi connectivity index (χ0v) is 12.4. The second-order valence-electron chi connectivity index (χ2n) is 5.44. The minimum absolute atomic E-state index is 0.0459. The number of hydrogen-bond donors (Lipinski definition) is 1. The van der Waals surface area contributed by atoms with Crippen LogP contribution in [0.25, 0.3) is 0 Å². The quantitative estimate of drug-likeness (QED) is 0.945.